The quantitative estimate of drug-likeness (QED) is 0.775. The maximum atomic E-state index is 11.7. The molecule has 0 unspecified atom stereocenters. The lowest BCUT2D eigenvalue weighted by Gasteiger charge is -2.03. The summed E-state index contributed by atoms with van der Waals surface area (Å²) < 4.78 is 3.35. The van der Waals surface area contributed by atoms with Gasteiger partial charge in [-0.05, 0) is 18.2 Å². The second kappa shape index (κ2) is 4.44. The molecule has 3 heterocycles. The van der Waals surface area contributed by atoms with E-state index in [-0.39, 0.29) is 5.56 Å². The minimum Gasteiger partial charge on any atom is -0.398 e. The first-order valence-corrected chi connectivity index (χ1v) is 6.09. The number of fused-ring (bicyclic) bond motifs is 1. The predicted molar refractivity (Wildman–Crippen MR) is 74.4 cm³/mol. The first-order valence-electron chi connectivity index (χ1n) is 5.71. The molecule has 0 aromatic carbocycles. The number of anilines is 1. The number of aromatic nitrogens is 3. The largest absolute Gasteiger partial charge is 0.398 e. The van der Waals surface area contributed by atoms with Gasteiger partial charge in [0.05, 0.1) is 17.3 Å². The summed E-state index contributed by atoms with van der Waals surface area (Å²) in [4.78, 5) is 16.1. The van der Waals surface area contributed by atoms with Gasteiger partial charge in [-0.1, -0.05) is 11.6 Å². The van der Waals surface area contributed by atoms with Gasteiger partial charge in [0.2, 0.25) is 0 Å². The van der Waals surface area contributed by atoms with Gasteiger partial charge in [0, 0.05) is 30.3 Å². The van der Waals surface area contributed by atoms with Crippen molar-refractivity contribution in [2.75, 3.05) is 5.73 Å². The van der Waals surface area contributed by atoms with Gasteiger partial charge in [-0.2, -0.15) is 0 Å². The first-order chi connectivity index (χ1) is 9.11. The van der Waals surface area contributed by atoms with Gasteiger partial charge < -0.3 is 14.7 Å². The van der Waals surface area contributed by atoms with Crippen LogP contribution in [0.4, 0.5) is 5.69 Å². The number of imidazole rings is 1. The van der Waals surface area contributed by atoms with Crippen LogP contribution in [0.3, 0.4) is 0 Å². The SMILES string of the molecule is Nc1ccc(=O)n(Cc2cn3cc(Cl)ccc3n2)c1. The fourth-order valence-electron chi connectivity index (χ4n) is 1.94. The molecule has 5 nitrogen and oxygen atoms in total. The standard InChI is InChI=1S/C13H11ClN4O/c14-9-1-3-12-16-11(7-17(12)5-9)8-18-6-10(15)2-4-13(18)19/h1-7H,8,15H2. The van der Waals surface area contributed by atoms with E-state index in [2.05, 4.69) is 4.98 Å². The van der Waals surface area contributed by atoms with Crippen LogP contribution in [0, 0.1) is 0 Å². The fraction of sp³-hybridized carbons (Fsp3) is 0.0769. The van der Waals surface area contributed by atoms with E-state index >= 15 is 0 Å². The van der Waals surface area contributed by atoms with Crippen molar-refractivity contribution in [3.63, 3.8) is 0 Å². The molecule has 96 valence electrons. The molecule has 0 radical (unpaired) electrons. The minimum atomic E-state index is -0.107. The molecule has 3 aromatic rings. The molecule has 0 spiro atoms. The zero-order chi connectivity index (χ0) is 13.4. The first kappa shape index (κ1) is 11.8. The summed E-state index contributed by atoms with van der Waals surface area (Å²) in [6.45, 7) is 0.378. The van der Waals surface area contributed by atoms with E-state index in [9.17, 15) is 4.79 Å². The summed E-state index contributed by atoms with van der Waals surface area (Å²) in [6.07, 6.45) is 5.23. The van der Waals surface area contributed by atoms with Gasteiger partial charge in [0.15, 0.2) is 0 Å². The van der Waals surface area contributed by atoms with Gasteiger partial charge in [-0.25, -0.2) is 4.98 Å². The molecule has 19 heavy (non-hydrogen) atoms. The molecule has 0 saturated carbocycles. The van der Waals surface area contributed by atoms with Crippen LogP contribution in [0.25, 0.3) is 5.65 Å². The van der Waals surface area contributed by atoms with E-state index in [4.69, 9.17) is 17.3 Å². The number of nitrogens with two attached hydrogens (primary N) is 1. The van der Waals surface area contributed by atoms with Crippen molar-refractivity contribution in [2.24, 2.45) is 0 Å². The predicted octanol–water partition coefficient (Wildman–Crippen LogP) is 1.78. The molecule has 6 heteroatoms. The Hall–Kier alpha value is -2.27. The van der Waals surface area contributed by atoms with Gasteiger partial charge >= 0.3 is 0 Å². The second-order valence-corrected chi connectivity index (χ2v) is 4.71. The third-order valence-corrected chi connectivity index (χ3v) is 3.03. The zero-order valence-electron chi connectivity index (χ0n) is 9.95. The highest BCUT2D eigenvalue weighted by atomic mass is 35.5. The van der Waals surface area contributed by atoms with Crippen LogP contribution < -0.4 is 11.3 Å². The van der Waals surface area contributed by atoms with Crippen LogP contribution in [0.1, 0.15) is 5.69 Å². The number of rotatable bonds is 2. The maximum Gasteiger partial charge on any atom is 0.251 e. The summed E-state index contributed by atoms with van der Waals surface area (Å²) in [5.41, 5.74) is 7.68. The van der Waals surface area contributed by atoms with Gasteiger partial charge in [-0.3, -0.25) is 4.79 Å². The van der Waals surface area contributed by atoms with Crippen molar-refractivity contribution in [3.8, 4) is 0 Å². The Morgan fingerprint density at radius 1 is 1.16 bits per heavy atom. The topological polar surface area (TPSA) is 65.3 Å². The number of hydrogen-bond donors (Lipinski definition) is 1. The second-order valence-electron chi connectivity index (χ2n) is 4.27. The van der Waals surface area contributed by atoms with E-state index in [1.54, 1.807) is 24.5 Å². The molecule has 2 N–H and O–H groups in total. The molecule has 3 rings (SSSR count). The number of halogens is 1. The average molecular weight is 275 g/mol. The fourth-order valence-corrected chi connectivity index (χ4v) is 2.11. The Morgan fingerprint density at radius 2 is 2.00 bits per heavy atom. The monoisotopic (exact) mass is 274 g/mol. The van der Waals surface area contributed by atoms with Crippen LogP contribution >= 0.6 is 11.6 Å². The van der Waals surface area contributed by atoms with E-state index in [1.165, 1.54) is 10.6 Å². The van der Waals surface area contributed by atoms with Crippen molar-refractivity contribution >= 4 is 22.9 Å². The lowest BCUT2D eigenvalue weighted by atomic mass is 10.4. The number of nitrogen functional groups attached to an aromatic ring is 1. The number of pyridine rings is 2. The summed E-state index contributed by atoms with van der Waals surface area (Å²) in [5.74, 6) is 0. The highest BCUT2D eigenvalue weighted by Crippen LogP contribution is 2.12. The number of nitrogens with zero attached hydrogens (tertiary/aromatic N) is 3. The van der Waals surface area contributed by atoms with Crippen molar-refractivity contribution < 1.29 is 0 Å². The highest BCUT2D eigenvalue weighted by molar-refractivity contribution is 6.30. The minimum absolute atomic E-state index is 0.107. The smallest absolute Gasteiger partial charge is 0.251 e. The molecular weight excluding hydrogens is 264 g/mol. The summed E-state index contributed by atoms with van der Waals surface area (Å²) >= 11 is 5.91. The molecular formula is C13H11ClN4O. The Kier molecular flexibility index (Phi) is 2.76. The summed E-state index contributed by atoms with van der Waals surface area (Å²) in [5, 5.41) is 0.637. The van der Waals surface area contributed by atoms with Crippen molar-refractivity contribution in [1.29, 1.82) is 0 Å². The van der Waals surface area contributed by atoms with E-state index in [1.807, 2.05) is 16.7 Å². The molecule has 3 aromatic heterocycles. The lowest BCUT2D eigenvalue weighted by molar-refractivity contribution is 0.746. The molecule has 0 aliphatic carbocycles. The molecule has 0 fully saturated rings. The molecule has 0 aliphatic heterocycles. The Balaban J connectivity index is 2.01. The molecule has 0 bridgehead atoms. The van der Waals surface area contributed by atoms with Gasteiger partial charge in [0.1, 0.15) is 5.65 Å². The van der Waals surface area contributed by atoms with Gasteiger partial charge in [0.25, 0.3) is 5.56 Å². The van der Waals surface area contributed by atoms with Crippen molar-refractivity contribution in [2.45, 2.75) is 6.54 Å². The van der Waals surface area contributed by atoms with Gasteiger partial charge in [-0.15, -0.1) is 0 Å². The normalized spacial score (nSPS) is 11.0. The van der Waals surface area contributed by atoms with Crippen molar-refractivity contribution in [1.82, 2.24) is 14.0 Å². The lowest BCUT2D eigenvalue weighted by Crippen LogP contribution is -2.19. The van der Waals surface area contributed by atoms with Crippen LogP contribution in [-0.2, 0) is 6.54 Å². The Labute approximate surface area is 113 Å². The number of hydrogen-bond acceptors (Lipinski definition) is 3. The Bertz CT molecular complexity index is 806. The maximum absolute atomic E-state index is 11.7. The van der Waals surface area contributed by atoms with E-state index < -0.39 is 0 Å². The Morgan fingerprint density at radius 3 is 2.84 bits per heavy atom. The highest BCUT2D eigenvalue weighted by Gasteiger charge is 2.04. The van der Waals surface area contributed by atoms with Crippen LogP contribution in [0.5, 0.6) is 0 Å². The van der Waals surface area contributed by atoms with Crippen LogP contribution in [-0.4, -0.2) is 14.0 Å². The third kappa shape index (κ3) is 2.32. The third-order valence-electron chi connectivity index (χ3n) is 2.80. The summed E-state index contributed by atoms with van der Waals surface area (Å²) in [7, 11) is 0. The van der Waals surface area contributed by atoms with E-state index in [0.717, 1.165) is 11.3 Å². The molecule has 0 aliphatic rings. The van der Waals surface area contributed by atoms with E-state index in [0.29, 0.717) is 17.3 Å². The molecule has 0 atom stereocenters. The zero-order valence-corrected chi connectivity index (χ0v) is 10.7. The molecule has 0 saturated heterocycles. The van der Waals surface area contributed by atoms with Crippen LogP contribution in [0.15, 0.2) is 47.7 Å². The average Bonchev–Trinajstić information content (AvgIpc) is 2.75. The molecule has 0 amide bonds. The van der Waals surface area contributed by atoms with Crippen LogP contribution in [0.2, 0.25) is 5.02 Å². The van der Waals surface area contributed by atoms with Crippen molar-refractivity contribution in [3.05, 3.63) is 63.9 Å². The summed E-state index contributed by atoms with van der Waals surface area (Å²) in [6, 6.07) is 6.64.